The van der Waals surface area contributed by atoms with Gasteiger partial charge in [-0.05, 0) is 66.9 Å². The molecule has 0 N–H and O–H groups in total. The number of fused-ring (bicyclic) bond motifs is 2. The van der Waals surface area contributed by atoms with E-state index in [4.69, 9.17) is 13.9 Å². The van der Waals surface area contributed by atoms with E-state index >= 15 is 0 Å². The molecule has 0 saturated carbocycles. The minimum absolute atomic E-state index is 0.00319. The highest BCUT2D eigenvalue weighted by molar-refractivity contribution is 6.11. The van der Waals surface area contributed by atoms with Crippen molar-refractivity contribution in [2.45, 2.75) is 26.8 Å². The Morgan fingerprint density at radius 1 is 1.00 bits per heavy atom. The summed E-state index contributed by atoms with van der Waals surface area (Å²) in [6.07, 6.45) is 0. The zero-order chi connectivity index (χ0) is 26.3. The molecule has 7 heteroatoms. The molecule has 37 heavy (non-hydrogen) atoms. The van der Waals surface area contributed by atoms with Gasteiger partial charge in [-0.25, -0.2) is 0 Å². The number of ketones is 1. The van der Waals surface area contributed by atoms with Gasteiger partial charge in [-0.1, -0.05) is 32.0 Å². The van der Waals surface area contributed by atoms with E-state index in [-0.39, 0.29) is 22.5 Å². The number of rotatable bonds is 7. The van der Waals surface area contributed by atoms with E-state index in [9.17, 15) is 14.4 Å². The second-order valence-corrected chi connectivity index (χ2v) is 9.47. The van der Waals surface area contributed by atoms with Crippen LogP contribution in [0.15, 0.2) is 75.9 Å². The second-order valence-electron chi connectivity index (χ2n) is 9.47. The molecule has 1 aliphatic rings. The Hall–Kier alpha value is -4.39. The average Bonchev–Trinajstić information content (AvgIpc) is 3.19. The molecule has 0 radical (unpaired) electrons. The lowest BCUT2D eigenvalue weighted by atomic mass is 9.97. The van der Waals surface area contributed by atoms with Gasteiger partial charge in [0.1, 0.15) is 5.58 Å². The van der Waals surface area contributed by atoms with Crippen LogP contribution in [0.5, 0.6) is 11.5 Å². The number of carbonyl (C=O) groups is 2. The molecule has 0 bridgehead atoms. The van der Waals surface area contributed by atoms with Crippen molar-refractivity contribution in [1.29, 1.82) is 0 Å². The number of methoxy groups -OCH3 is 1. The molecule has 1 unspecified atom stereocenters. The molecule has 0 aliphatic carbocycles. The highest BCUT2D eigenvalue weighted by Gasteiger charge is 2.44. The van der Waals surface area contributed by atoms with Crippen molar-refractivity contribution in [2.24, 2.45) is 5.92 Å². The lowest BCUT2D eigenvalue weighted by Crippen LogP contribution is -2.29. The Balaban J connectivity index is 1.70. The largest absolute Gasteiger partial charge is 0.493 e. The zero-order valence-electron chi connectivity index (χ0n) is 21.1. The standard InChI is InChI=1S/C30H27NO6/c1-17(2)16-36-24-14-11-20(15-25(24)35-4)27-26-28(33)22-7-5-6-8-23(22)37-29(26)30(34)31(27)21-12-9-19(10-13-21)18(3)32/h5-15,17,27H,16H2,1-4H3. The Morgan fingerprint density at radius 2 is 1.73 bits per heavy atom. The summed E-state index contributed by atoms with van der Waals surface area (Å²) in [5.74, 6) is 0.892. The molecule has 2 heterocycles. The Labute approximate surface area is 214 Å². The topological polar surface area (TPSA) is 86.0 Å². The summed E-state index contributed by atoms with van der Waals surface area (Å²) in [6, 6.07) is 18.3. The fourth-order valence-corrected chi connectivity index (χ4v) is 4.59. The second kappa shape index (κ2) is 9.58. The van der Waals surface area contributed by atoms with Crippen LogP contribution in [0.4, 0.5) is 5.69 Å². The molecule has 4 aromatic rings. The van der Waals surface area contributed by atoms with E-state index in [2.05, 4.69) is 13.8 Å². The van der Waals surface area contributed by atoms with Crippen molar-refractivity contribution in [3.05, 3.63) is 99.4 Å². The van der Waals surface area contributed by atoms with Crippen LogP contribution in [-0.2, 0) is 0 Å². The molecule has 1 aromatic heterocycles. The van der Waals surface area contributed by atoms with Crippen LogP contribution in [0.2, 0.25) is 0 Å². The summed E-state index contributed by atoms with van der Waals surface area (Å²) >= 11 is 0. The molecular weight excluding hydrogens is 470 g/mol. The quantitative estimate of drug-likeness (QED) is 0.301. The van der Waals surface area contributed by atoms with Crippen LogP contribution in [-0.4, -0.2) is 25.4 Å². The first kappa shape index (κ1) is 24.3. The van der Waals surface area contributed by atoms with Gasteiger partial charge in [0.15, 0.2) is 22.7 Å². The molecule has 1 aliphatic heterocycles. The molecule has 7 nitrogen and oxygen atoms in total. The third kappa shape index (κ3) is 4.27. The fraction of sp³-hybridized carbons (Fsp3) is 0.233. The minimum Gasteiger partial charge on any atom is -0.493 e. The number of hydrogen-bond acceptors (Lipinski definition) is 6. The number of amides is 1. The summed E-state index contributed by atoms with van der Waals surface area (Å²) < 4.78 is 17.5. The Bertz CT molecular complexity index is 1570. The fourth-order valence-electron chi connectivity index (χ4n) is 4.59. The molecule has 0 fully saturated rings. The van der Waals surface area contributed by atoms with Gasteiger partial charge in [-0.3, -0.25) is 19.3 Å². The Morgan fingerprint density at radius 3 is 2.41 bits per heavy atom. The molecule has 1 amide bonds. The molecule has 0 spiro atoms. The number of anilines is 1. The highest BCUT2D eigenvalue weighted by atomic mass is 16.5. The summed E-state index contributed by atoms with van der Waals surface area (Å²) in [5.41, 5.74) is 2.07. The first-order valence-corrected chi connectivity index (χ1v) is 12.1. The number of hydrogen-bond donors (Lipinski definition) is 0. The van der Waals surface area contributed by atoms with Crippen molar-refractivity contribution in [2.75, 3.05) is 18.6 Å². The maximum absolute atomic E-state index is 13.8. The summed E-state index contributed by atoms with van der Waals surface area (Å²) in [7, 11) is 1.55. The van der Waals surface area contributed by atoms with Crippen molar-refractivity contribution in [3.8, 4) is 11.5 Å². The van der Waals surface area contributed by atoms with Gasteiger partial charge in [0.05, 0.1) is 30.7 Å². The van der Waals surface area contributed by atoms with Gasteiger partial charge >= 0.3 is 0 Å². The monoisotopic (exact) mass is 497 g/mol. The van der Waals surface area contributed by atoms with E-state index in [0.717, 1.165) is 0 Å². The van der Waals surface area contributed by atoms with E-state index in [1.54, 1.807) is 67.8 Å². The maximum atomic E-state index is 13.8. The zero-order valence-corrected chi connectivity index (χ0v) is 21.1. The number of Topliss-reactive ketones (excluding diaryl/α,β-unsaturated/α-hetero) is 1. The van der Waals surface area contributed by atoms with E-state index in [1.165, 1.54) is 11.8 Å². The predicted octanol–water partition coefficient (Wildman–Crippen LogP) is 5.79. The van der Waals surface area contributed by atoms with Crippen LogP contribution >= 0.6 is 0 Å². The predicted molar refractivity (Wildman–Crippen MR) is 141 cm³/mol. The molecule has 1 atom stereocenters. The molecule has 188 valence electrons. The van der Waals surface area contributed by atoms with Gasteiger partial charge in [-0.15, -0.1) is 0 Å². The van der Waals surface area contributed by atoms with Gasteiger partial charge in [0, 0.05) is 11.3 Å². The van der Waals surface area contributed by atoms with Crippen LogP contribution in [0.1, 0.15) is 58.9 Å². The van der Waals surface area contributed by atoms with E-state index < -0.39 is 11.9 Å². The number of nitrogens with zero attached hydrogens (tertiary/aromatic N) is 1. The van der Waals surface area contributed by atoms with Crippen LogP contribution in [0.25, 0.3) is 11.0 Å². The molecule has 3 aromatic carbocycles. The molecule has 0 saturated heterocycles. The number of para-hydroxylation sites is 1. The van der Waals surface area contributed by atoms with Gasteiger partial charge in [0.2, 0.25) is 5.76 Å². The normalized spacial score (nSPS) is 14.8. The number of carbonyl (C=O) groups excluding carboxylic acids is 2. The van der Waals surface area contributed by atoms with Crippen molar-refractivity contribution in [3.63, 3.8) is 0 Å². The smallest absolute Gasteiger partial charge is 0.295 e. The summed E-state index contributed by atoms with van der Waals surface area (Å²) in [5, 5.41) is 0.400. The van der Waals surface area contributed by atoms with Crippen LogP contribution < -0.4 is 19.8 Å². The first-order valence-electron chi connectivity index (χ1n) is 12.1. The average molecular weight is 498 g/mol. The van der Waals surface area contributed by atoms with Crippen molar-refractivity contribution < 1.29 is 23.5 Å². The van der Waals surface area contributed by atoms with Crippen LogP contribution in [0.3, 0.4) is 0 Å². The Kier molecular flexibility index (Phi) is 6.29. The highest BCUT2D eigenvalue weighted by Crippen LogP contribution is 2.43. The van der Waals surface area contributed by atoms with Gasteiger partial charge in [-0.2, -0.15) is 0 Å². The summed E-state index contributed by atoms with van der Waals surface area (Å²) in [6.45, 7) is 6.12. The number of ether oxygens (including phenoxy) is 2. The SMILES string of the molecule is COc1cc(C2c3c(oc4ccccc4c3=O)C(=O)N2c2ccc(C(C)=O)cc2)ccc1OCC(C)C. The maximum Gasteiger partial charge on any atom is 0.295 e. The lowest BCUT2D eigenvalue weighted by Gasteiger charge is -2.26. The van der Waals surface area contributed by atoms with Gasteiger partial charge in [0.25, 0.3) is 5.91 Å². The molecular formula is C30H27NO6. The summed E-state index contributed by atoms with van der Waals surface area (Å²) in [4.78, 5) is 40.8. The third-order valence-corrected chi connectivity index (χ3v) is 6.41. The van der Waals surface area contributed by atoms with Crippen molar-refractivity contribution in [1.82, 2.24) is 0 Å². The van der Waals surface area contributed by atoms with Crippen molar-refractivity contribution >= 4 is 28.3 Å². The lowest BCUT2D eigenvalue weighted by molar-refractivity contribution is 0.0970. The third-order valence-electron chi connectivity index (χ3n) is 6.41. The van der Waals surface area contributed by atoms with Gasteiger partial charge < -0.3 is 13.9 Å². The van der Waals surface area contributed by atoms with E-state index in [0.29, 0.717) is 51.8 Å². The molecule has 5 rings (SSSR count). The van der Waals surface area contributed by atoms with Crippen LogP contribution in [0, 0.1) is 5.92 Å². The number of benzene rings is 3. The minimum atomic E-state index is -0.764. The first-order chi connectivity index (χ1) is 17.8. The van der Waals surface area contributed by atoms with E-state index in [1.807, 2.05) is 6.07 Å².